The highest BCUT2D eigenvalue weighted by Crippen LogP contribution is 2.25. The summed E-state index contributed by atoms with van der Waals surface area (Å²) in [6, 6.07) is 7.04. The molecule has 1 aromatic carbocycles. The molecule has 0 radical (unpaired) electrons. The highest BCUT2D eigenvalue weighted by Gasteiger charge is 2.41. The molecular weight excluding hydrogens is 379 g/mol. The van der Waals surface area contributed by atoms with Crippen molar-refractivity contribution >= 4 is 27.3 Å². The van der Waals surface area contributed by atoms with Crippen molar-refractivity contribution in [2.45, 2.75) is 44.0 Å². The maximum Gasteiger partial charge on any atom is 0.389 e. The maximum atomic E-state index is 12.2. The SMILES string of the molecule is CC(C)(C(=O)NCCc1ccccc1Cl)S(=O)(=O)CCCC(F)(F)F. The quantitative estimate of drug-likeness (QED) is 0.727. The van der Waals surface area contributed by atoms with E-state index in [0.717, 1.165) is 5.56 Å². The fraction of sp³-hybridized carbons (Fsp3) is 0.562. The van der Waals surface area contributed by atoms with Crippen LogP contribution in [0.15, 0.2) is 24.3 Å². The van der Waals surface area contributed by atoms with Crippen molar-refractivity contribution in [3.8, 4) is 0 Å². The van der Waals surface area contributed by atoms with Gasteiger partial charge in [0.15, 0.2) is 9.84 Å². The van der Waals surface area contributed by atoms with Crippen molar-refractivity contribution in [3.05, 3.63) is 34.9 Å². The molecule has 0 aliphatic rings. The molecule has 0 aliphatic carbocycles. The molecule has 25 heavy (non-hydrogen) atoms. The number of alkyl halides is 3. The number of hydrogen-bond donors (Lipinski definition) is 1. The van der Waals surface area contributed by atoms with E-state index in [1.54, 1.807) is 24.3 Å². The van der Waals surface area contributed by atoms with Crippen molar-refractivity contribution in [3.63, 3.8) is 0 Å². The molecule has 1 amide bonds. The van der Waals surface area contributed by atoms with Gasteiger partial charge in [-0.15, -0.1) is 0 Å². The zero-order valence-corrected chi connectivity index (χ0v) is 15.6. The number of hydrogen-bond acceptors (Lipinski definition) is 3. The largest absolute Gasteiger partial charge is 0.389 e. The Bertz CT molecular complexity index is 703. The molecule has 0 fully saturated rings. The summed E-state index contributed by atoms with van der Waals surface area (Å²) < 4.78 is 59.1. The second-order valence-electron chi connectivity index (χ2n) is 6.15. The first-order chi connectivity index (χ1) is 11.4. The standard InChI is InChI=1S/C16H21ClF3NO3S/c1-15(2,25(23,24)11-5-9-16(18,19)20)14(22)21-10-8-12-6-3-4-7-13(12)17/h3-4,6-7H,5,8-11H2,1-2H3,(H,21,22). The lowest BCUT2D eigenvalue weighted by atomic mass is 10.1. The second kappa shape index (κ2) is 8.40. The van der Waals surface area contributed by atoms with Crippen molar-refractivity contribution in [2.75, 3.05) is 12.3 Å². The number of carbonyl (C=O) groups is 1. The van der Waals surface area contributed by atoms with Gasteiger partial charge in [-0.3, -0.25) is 4.79 Å². The van der Waals surface area contributed by atoms with E-state index in [-0.39, 0.29) is 6.54 Å². The van der Waals surface area contributed by atoms with Crippen LogP contribution in [0.3, 0.4) is 0 Å². The monoisotopic (exact) mass is 399 g/mol. The van der Waals surface area contributed by atoms with Crippen LogP contribution in [-0.2, 0) is 21.1 Å². The summed E-state index contributed by atoms with van der Waals surface area (Å²) in [4.78, 5) is 12.2. The first-order valence-electron chi connectivity index (χ1n) is 7.67. The molecule has 0 aromatic heterocycles. The number of nitrogens with one attached hydrogen (secondary N) is 1. The molecule has 0 unspecified atom stereocenters. The summed E-state index contributed by atoms with van der Waals surface area (Å²) in [5, 5.41) is 3.05. The van der Waals surface area contributed by atoms with E-state index in [9.17, 15) is 26.4 Å². The van der Waals surface area contributed by atoms with Gasteiger partial charge in [-0.1, -0.05) is 29.8 Å². The number of rotatable bonds is 8. The summed E-state index contributed by atoms with van der Waals surface area (Å²) in [5.41, 5.74) is 0.801. The Kier molecular flexibility index (Phi) is 7.31. The van der Waals surface area contributed by atoms with Crippen LogP contribution in [0.2, 0.25) is 5.02 Å². The van der Waals surface area contributed by atoms with Gasteiger partial charge in [0.2, 0.25) is 5.91 Å². The molecule has 0 aliphatic heterocycles. The summed E-state index contributed by atoms with van der Waals surface area (Å²) in [7, 11) is -4.02. The molecule has 0 heterocycles. The van der Waals surface area contributed by atoms with Gasteiger partial charge in [-0.2, -0.15) is 13.2 Å². The van der Waals surface area contributed by atoms with Gasteiger partial charge in [0.1, 0.15) is 4.75 Å². The third-order valence-electron chi connectivity index (χ3n) is 3.84. The van der Waals surface area contributed by atoms with E-state index >= 15 is 0 Å². The van der Waals surface area contributed by atoms with E-state index in [4.69, 9.17) is 11.6 Å². The molecule has 4 nitrogen and oxygen atoms in total. The van der Waals surface area contributed by atoms with Gasteiger partial charge in [0.25, 0.3) is 0 Å². The van der Waals surface area contributed by atoms with Crippen LogP contribution in [0.1, 0.15) is 32.3 Å². The van der Waals surface area contributed by atoms with Gasteiger partial charge < -0.3 is 5.32 Å². The molecular formula is C16H21ClF3NO3S. The summed E-state index contributed by atoms with van der Waals surface area (Å²) >= 11 is 6.00. The van der Waals surface area contributed by atoms with Crippen LogP contribution in [0.5, 0.6) is 0 Å². The minimum Gasteiger partial charge on any atom is -0.354 e. The van der Waals surface area contributed by atoms with E-state index in [0.29, 0.717) is 11.4 Å². The minimum atomic E-state index is -4.42. The number of sulfone groups is 1. The molecule has 0 bridgehead atoms. The maximum absolute atomic E-state index is 12.2. The Morgan fingerprint density at radius 3 is 2.36 bits per heavy atom. The van der Waals surface area contributed by atoms with Crippen molar-refractivity contribution < 1.29 is 26.4 Å². The Hall–Kier alpha value is -1.28. The Morgan fingerprint density at radius 2 is 1.80 bits per heavy atom. The molecule has 0 spiro atoms. The van der Waals surface area contributed by atoms with E-state index in [1.165, 1.54) is 13.8 Å². The lowest BCUT2D eigenvalue weighted by Crippen LogP contribution is -2.49. The molecule has 1 aromatic rings. The first kappa shape index (κ1) is 21.8. The number of amides is 1. The number of carbonyl (C=O) groups excluding carboxylic acids is 1. The molecule has 0 saturated carbocycles. The fourth-order valence-electron chi connectivity index (χ4n) is 2.08. The summed E-state index contributed by atoms with van der Waals surface area (Å²) in [6.45, 7) is 2.56. The summed E-state index contributed by atoms with van der Waals surface area (Å²) in [5.74, 6) is -1.44. The van der Waals surface area contributed by atoms with Gasteiger partial charge in [0.05, 0.1) is 5.75 Å². The van der Waals surface area contributed by atoms with Gasteiger partial charge in [0, 0.05) is 18.0 Å². The zero-order valence-electron chi connectivity index (χ0n) is 14.0. The third kappa shape index (κ3) is 6.51. The number of benzene rings is 1. The first-order valence-corrected chi connectivity index (χ1v) is 9.70. The van der Waals surface area contributed by atoms with Crippen LogP contribution in [-0.4, -0.2) is 37.5 Å². The van der Waals surface area contributed by atoms with Crippen LogP contribution >= 0.6 is 11.6 Å². The lowest BCUT2D eigenvalue weighted by Gasteiger charge is -2.24. The average molecular weight is 400 g/mol. The van der Waals surface area contributed by atoms with E-state index in [2.05, 4.69) is 5.32 Å². The molecule has 0 saturated heterocycles. The summed E-state index contributed by atoms with van der Waals surface area (Å²) in [6.07, 6.45) is -5.77. The van der Waals surface area contributed by atoms with Crippen LogP contribution < -0.4 is 5.32 Å². The smallest absolute Gasteiger partial charge is 0.354 e. The normalized spacial score (nSPS) is 12.9. The van der Waals surface area contributed by atoms with Crippen LogP contribution in [0.25, 0.3) is 0 Å². The minimum absolute atomic E-state index is 0.171. The van der Waals surface area contributed by atoms with E-state index in [1.807, 2.05) is 0 Å². The van der Waals surface area contributed by atoms with Crippen LogP contribution in [0, 0.1) is 0 Å². The highest BCUT2D eigenvalue weighted by molar-refractivity contribution is 7.93. The third-order valence-corrected chi connectivity index (χ3v) is 6.77. The topological polar surface area (TPSA) is 63.2 Å². The predicted octanol–water partition coefficient (Wildman–Crippen LogP) is 3.53. The molecule has 0 atom stereocenters. The Labute approximate surface area is 150 Å². The highest BCUT2D eigenvalue weighted by atomic mass is 35.5. The molecule has 142 valence electrons. The van der Waals surface area contributed by atoms with Crippen LogP contribution in [0.4, 0.5) is 13.2 Å². The Morgan fingerprint density at radius 1 is 1.20 bits per heavy atom. The van der Waals surface area contributed by atoms with Gasteiger partial charge in [-0.05, 0) is 38.3 Å². The molecule has 1 rings (SSSR count). The predicted molar refractivity (Wildman–Crippen MR) is 91.3 cm³/mol. The van der Waals surface area contributed by atoms with Crippen molar-refractivity contribution in [1.82, 2.24) is 5.32 Å². The number of halogens is 4. The van der Waals surface area contributed by atoms with E-state index < -0.39 is 45.3 Å². The molecule has 1 N–H and O–H groups in total. The van der Waals surface area contributed by atoms with Crippen molar-refractivity contribution in [1.29, 1.82) is 0 Å². The zero-order chi connectivity index (χ0) is 19.3. The Balaban J connectivity index is 2.61. The average Bonchev–Trinajstić information content (AvgIpc) is 2.47. The van der Waals surface area contributed by atoms with Gasteiger partial charge in [-0.25, -0.2) is 8.42 Å². The second-order valence-corrected chi connectivity index (χ2v) is 9.21. The lowest BCUT2D eigenvalue weighted by molar-refractivity contribution is -0.134. The van der Waals surface area contributed by atoms with Crippen molar-refractivity contribution in [2.24, 2.45) is 0 Å². The fourth-order valence-corrected chi connectivity index (χ4v) is 3.70. The van der Waals surface area contributed by atoms with Gasteiger partial charge >= 0.3 is 6.18 Å². The molecule has 9 heteroatoms.